The zero-order valence-electron chi connectivity index (χ0n) is 33.2. The minimum absolute atomic E-state index is 0.628. The second-order valence-electron chi connectivity index (χ2n) is 15.2. The Bertz CT molecular complexity index is 3300. The largest absolute Gasteiger partial charge is 0.309 e. The molecular formula is C57H38N4. The van der Waals surface area contributed by atoms with Crippen molar-refractivity contribution in [3.8, 4) is 84.4 Å². The van der Waals surface area contributed by atoms with E-state index in [9.17, 15) is 0 Å². The monoisotopic (exact) mass is 778 g/mol. The van der Waals surface area contributed by atoms with Crippen molar-refractivity contribution in [2.45, 2.75) is 0 Å². The Kier molecular flexibility index (Phi) is 9.14. The van der Waals surface area contributed by atoms with Gasteiger partial charge in [0.15, 0.2) is 17.5 Å². The van der Waals surface area contributed by atoms with Crippen molar-refractivity contribution >= 4 is 21.8 Å². The molecule has 61 heavy (non-hydrogen) atoms. The lowest BCUT2D eigenvalue weighted by molar-refractivity contribution is 1.07. The molecule has 0 bridgehead atoms. The summed E-state index contributed by atoms with van der Waals surface area (Å²) < 4.78 is 2.41. The van der Waals surface area contributed by atoms with Crippen molar-refractivity contribution in [3.63, 3.8) is 0 Å². The van der Waals surface area contributed by atoms with Gasteiger partial charge in [0.25, 0.3) is 0 Å². The molecule has 2 heterocycles. The number of hydrogen-bond donors (Lipinski definition) is 0. The van der Waals surface area contributed by atoms with Crippen molar-refractivity contribution in [3.05, 3.63) is 231 Å². The lowest BCUT2D eigenvalue weighted by atomic mass is 9.94. The van der Waals surface area contributed by atoms with E-state index in [1.165, 1.54) is 49.6 Å². The molecule has 0 atom stereocenters. The molecule has 11 rings (SSSR count). The topological polar surface area (TPSA) is 43.6 Å². The third-order valence-corrected chi connectivity index (χ3v) is 11.5. The van der Waals surface area contributed by atoms with E-state index >= 15 is 0 Å². The summed E-state index contributed by atoms with van der Waals surface area (Å²) in [5.74, 6) is 1.90. The maximum Gasteiger partial charge on any atom is 0.164 e. The Morgan fingerprint density at radius 1 is 0.262 bits per heavy atom. The quantitative estimate of drug-likeness (QED) is 0.154. The molecule has 0 unspecified atom stereocenters. The minimum atomic E-state index is 0.628. The van der Waals surface area contributed by atoms with Gasteiger partial charge in [0.2, 0.25) is 0 Å². The minimum Gasteiger partial charge on any atom is -0.309 e. The molecule has 9 aromatic carbocycles. The fraction of sp³-hybridized carbons (Fsp3) is 0. The number of rotatable bonds is 8. The van der Waals surface area contributed by atoms with Gasteiger partial charge in [-0.05, 0) is 80.9 Å². The molecule has 11 aromatic rings. The van der Waals surface area contributed by atoms with Crippen LogP contribution in [0.3, 0.4) is 0 Å². The van der Waals surface area contributed by atoms with E-state index in [4.69, 9.17) is 15.0 Å². The maximum absolute atomic E-state index is 5.07. The van der Waals surface area contributed by atoms with Crippen molar-refractivity contribution in [2.75, 3.05) is 0 Å². The smallest absolute Gasteiger partial charge is 0.164 e. The van der Waals surface area contributed by atoms with E-state index < -0.39 is 0 Å². The van der Waals surface area contributed by atoms with Gasteiger partial charge in [0, 0.05) is 33.2 Å². The Balaban J connectivity index is 0.995. The molecule has 286 valence electrons. The van der Waals surface area contributed by atoms with E-state index in [2.05, 4.69) is 199 Å². The van der Waals surface area contributed by atoms with Crippen LogP contribution in [0.4, 0.5) is 0 Å². The molecule has 0 spiro atoms. The summed E-state index contributed by atoms with van der Waals surface area (Å²) in [7, 11) is 0. The van der Waals surface area contributed by atoms with Gasteiger partial charge in [-0.2, -0.15) is 0 Å². The van der Waals surface area contributed by atoms with E-state index in [1.807, 2.05) is 36.4 Å². The predicted octanol–water partition coefficient (Wildman–Crippen LogP) is 14.6. The first-order valence-corrected chi connectivity index (χ1v) is 20.6. The highest BCUT2D eigenvalue weighted by Gasteiger charge is 2.19. The highest BCUT2D eigenvalue weighted by molar-refractivity contribution is 6.17. The lowest BCUT2D eigenvalue weighted by Gasteiger charge is -2.13. The van der Waals surface area contributed by atoms with Gasteiger partial charge in [-0.15, -0.1) is 0 Å². The van der Waals surface area contributed by atoms with Crippen LogP contribution >= 0.6 is 0 Å². The molecule has 0 aliphatic heterocycles. The summed E-state index contributed by atoms with van der Waals surface area (Å²) in [5.41, 5.74) is 15.5. The van der Waals surface area contributed by atoms with E-state index in [0.717, 1.165) is 39.1 Å². The number of para-hydroxylation sites is 1. The predicted molar refractivity (Wildman–Crippen MR) is 252 cm³/mol. The van der Waals surface area contributed by atoms with Crippen LogP contribution in [-0.4, -0.2) is 19.5 Å². The first kappa shape index (κ1) is 35.9. The van der Waals surface area contributed by atoms with Crippen LogP contribution in [0.15, 0.2) is 231 Å². The summed E-state index contributed by atoms with van der Waals surface area (Å²) in [4.78, 5) is 15.1. The number of fused-ring (bicyclic) bond motifs is 3. The first-order valence-electron chi connectivity index (χ1n) is 20.6. The molecule has 4 nitrogen and oxygen atoms in total. The summed E-state index contributed by atoms with van der Waals surface area (Å²) in [6, 6.07) is 81.2. The third-order valence-electron chi connectivity index (χ3n) is 11.5. The number of aromatic nitrogens is 4. The fourth-order valence-corrected chi connectivity index (χ4v) is 8.45. The molecule has 0 saturated carbocycles. The average Bonchev–Trinajstić information content (AvgIpc) is 3.69. The normalized spacial score (nSPS) is 11.3. The van der Waals surface area contributed by atoms with Crippen LogP contribution in [-0.2, 0) is 0 Å². The Labute approximate surface area is 354 Å². The number of nitrogens with zero attached hydrogens (tertiary/aromatic N) is 4. The third kappa shape index (κ3) is 6.86. The van der Waals surface area contributed by atoms with Gasteiger partial charge in [-0.25, -0.2) is 15.0 Å². The van der Waals surface area contributed by atoms with Gasteiger partial charge in [-0.1, -0.05) is 194 Å². The molecule has 0 aliphatic carbocycles. The molecule has 0 N–H and O–H groups in total. The van der Waals surface area contributed by atoms with Gasteiger partial charge >= 0.3 is 0 Å². The Morgan fingerprint density at radius 3 is 1.33 bits per heavy atom. The van der Waals surface area contributed by atoms with Gasteiger partial charge in [0.05, 0.1) is 11.0 Å². The highest BCUT2D eigenvalue weighted by Crippen LogP contribution is 2.42. The molecule has 0 amide bonds. The Hall–Kier alpha value is -8.21. The SMILES string of the molecule is c1ccc(-c2ccc(-c3nc(-c4ccccc4)nc(-c4cccc(-c5ccc(-n6c7ccccc7c7c(-c8ccccc8)cc(-c8ccccc8)cc76)cc5)c4)n3)cc2)cc1. The molecular weight excluding hydrogens is 741 g/mol. The van der Waals surface area contributed by atoms with Crippen molar-refractivity contribution in [1.82, 2.24) is 19.5 Å². The maximum atomic E-state index is 5.07. The molecule has 0 saturated heterocycles. The molecule has 4 heteroatoms. The zero-order valence-corrected chi connectivity index (χ0v) is 33.2. The van der Waals surface area contributed by atoms with Crippen molar-refractivity contribution in [2.24, 2.45) is 0 Å². The van der Waals surface area contributed by atoms with Crippen molar-refractivity contribution in [1.29, 1.82) is 0 Å². The van der Waals surface area contributed by atoms with Crippen molar-refractivity contribution < 1.29 is 0 Å². The van der Waals surface area contributed by atoms with Gasteiger partial charge in [0.1, 0.15) is 0 Å². The Morgan fingerprint density at radius 2 is 0.689 bits per heavy atom. The zero-order chi connectivity index (χ0) is 40.5. The number of hydrogen-bond acceptors (Lipinski definition) is 3. The van der Waals surface area contributed by atoms with E-state index in [1.54, 1.807) is 0 Å². The first-order chi connectivity index (χ1) is 30.2. The highest BCUT2D eigenvalue weighted by atomic mass is 15.0. The summed E-state index contributed by atoms with van der Waals surface area (Å²) >= 11 is 0. The lowest BCUT2D eigenvalue weighted by Crippen LogP contribution is -2.00. The van der Waals surface area contributed by atoms with Crippen LogP contribution in [0.5, 0.6) is 0 Å². The second-order valence-corrected chi connectivity index (χ2v) is 15.2. The van der Waals surface area contributed by atoms with Crippen LogP contribution in [0.1, 0.15) is 0 Å². The summed E-state index contributed by atoms with van der Waals surface area (Å²) in [6.07, 6.45) is 0. The average molecular weight is 779 g/mol. The van der Waals surface area contributed by atoms with Gasteiger partial charge in [-0.3, -0.25) is 0 Å². The molecule has 2 aromatic heterocycles. The van der Waals surface area contributed by atoms with E-state index in [-0.39, 0.29) is 0 Å². The summed E-state index contributed by atoms with van der Waals surface area (Å²) in [6.45, 7) is 0. The van der Waals surface area contributed by atoms with E-state index in [0.29, 0.717) is 17.5 Å². The van der Waals surface area contributed by atoms with Crippen LogP contribution in [0, 0.1) is 0 Å². The van der Waals surface area contributed by atoms with Crippen LogP contribution in [0.25, 0.3) is 106 Å². The fourth-order valence-electron chi connectivity index (χ4n) is 8.45. The molecule has 0 fully saturated rings. The van der Waals surface area contributed by atoms with Crippen LogP contribution in [0.2, 0.25) is 0 Å². The second kappa shape index (κ2) is 15.5. The van der Waals surface area contributed by atoms with Crippen LogP contribution < -0.4 is 0 Å². The summed E-state index contributed by atoms with van der Waals surface area (Å²) in [5, 5.41) is 2.48. The molecule has 0 aliphatic rings. The number of benzene rings is 9. The molecule has 0 radical (unpaired) electrons. The standard InChI is InChI=1S/C57H38N4/c1-5-16-39(17-6-1)41-28-30-45(31-29-41)56-58-55(44-22-11-4-12-23-44)59-57(60-56)47-25-15-24-46(36-47)42-32-34-49(35-33-42)61-52-27-14-13-26-50(52)54-51(43-20-9-3-10-21-43)37-48(38-53(54)61)40-18-7-2-8-19-40/h1-38H. The van der Waals surface area contributed by atoms with Gasteiger partial charge < -0.3 is 4.57 Å².